The molecule has 0 atom stereocenters. The fraction of sp³-hybridized carbons (Fsp3) is 0.375. The summed E-state index contributed by atoms with van der Waals surface area (Å²) in [6, 6.07) is 3.99. The van der Waals surface area contributed by atoms with Gasteiger partial charge >= 0.3 is 0 Å². The zero-order valence-electron chi connectivity index (χ0n) is 20.6. The van der Waals surface area contributed by atoms with Crippen LogP contribution in [0.5, 0.6) is 0 Å². The summed E-state index contributed by atoms with van der Waals surface area (Å²) in [7, 11) is -6.28. The minimum Gasteiger partial charge on any atom is -0.412 e. The minimum absolute atomic E-state index is 0.0189. The molecule has 0 aliphatic rings. The van der Waals surface area contributed by atoms with Crippen LogP contribution >= 0.6 is 22.9 Å². The van der Waals surface area contributed by atoms with Gasteiger partial charge in [0.05, 0.1) is 34.3 Å². The van der Waals surface area contributed by atoms with Crippen LogP contribution in [-0.2, 0) is 33.2 Å². The average Bonchev–Trinajstić information content (AvgIpc) is 3.26. The monoisotopic (exact) mass is 576 g/mol. The van der Waals surface area contributed by atoms with Gasteiger partial charge in [-0.05, 0) is 42.4 Å². The van der Waals surface area contributed by atoms with Gasteiger partial charge in [0.25, 0.3) is 0 Å². The molecule has 0 aliphatic carbocycles. The second-order valence-electron chi connectivity index (χ2n) is 9.89. The molecule has 1 N–H and O–H groups in total. The fourth-order valence-corrected chi connectivity index (χ4v) is 6.37. The number of aromatic nitrogens is 1. The third-order valence-electron chi connectivity index (χ3n) is 6.33. The second-order valence-corrected chi connectivity index (χ2v) is 17.8. The van der Waals surface area contributed by atoms with E-state index in [2.05, 4.69) is 10.3 Å². The van der Waals surface area contributed by atoms with E-state index in [9.17, 15) is 21.6 Å². The van der Waals surface area contributed by atoms with Gasteiger partial charge in [0.15, 0.2) is 18.2 Å². The number of anilines is 1. The highest BCUT2D eigenvalue weighted by atomic mass is 35.5. The van der Waals surface area contributed by atoms with Crippen LogP contribution < -0.4 is 5.32 Å². The Bertz CT molecular complexity index is 1350. The predicted molar refractivity (Wildman–Crippen MR) is 140 cm³/mol. The smallest absolute Gasteiger partial charge is 0.192 e. The van der Waals surface area contributed by atoms with E-state index in [0.29, 0.717) is 5.69 Å². The number of benzene rings is 2. The van der Waals surface area contributed by atoms with Crippen molar-refractivity contribution in [2.75, 3.05) is 5.32 Å². The van der Waals surface area contributed by atoms with Gasteiger partial charge in [0, 0.05) is 23.1 Å². The molecular formula is C24H28ClF3N2O3S2Si. The molecule has 0 fully saturated rings. The van der Waals surface area contributed by atoms with Crippen molar-refractivity contribution < 1.29 is 26.0 Å². The molecule has 36 heavy (non-hydrogen) atoms. The molecule has 0 aliphatic heterocycles. The third kappa shape index (κ3) is 6.49. The van der Waals surface area contributed by atoms with Crippen molar-refractivity contribution in [1.82, 2.24) is 4.98 Å². The summed E-state index contributed by atoms with van der Waals surface area (Å²) < 4.78 is 75.6. The molecular weight excluding hydrogens is 549 g/mol. The van der Waals surface area contributed by atoms with E-state index in [1.54, 1.807) is 5.38 Å². The van der Waals surface area contributed by atoms with Crippen LogP contribution in [0.3, 0.4) is 0 Å². The highest BCUT2D eigenvalue weighted by molar-refractivity contribution is 7.90. The van der Waals surface area contributed by atoms with E-state index in [4.69, 9.17) is 16.0 Å². The van der Waals surface area contributed by atoms with Crippen molar-refractivity contribution in [2.45, 2.75) is 62.7 Å². The number of nitrogens with zero attached hydrogens (tertiary/aromatic N) is 1. The molecule has 196 valence electrons. The Morgan fingerprint density at radius 3 is 2.31 bits per heavy atom. The lowest BCUT2D eigenvalue weighted by Crippen LogP contribution is -2.40. The molecule has 0 saturated heterocycles. The van der Waals surface area contributed by atoms with Gasteiger partial charge < -0.3 is 9.74 Å². The Morgan fingerprint density at radius 2 is 1.72 bits per heavy atom. The third-order valence-corrected chi connectivity index (χ3v) is 13.4. The zero-order valence-corrected chi connectivity index (χ0v) is 24.0. The molecule has 12 heteroatoms. The molecule has 5 nitrogen and oxygen atoms in total. The molecule has 1 aromatic heterocycles. The van der Waals surface area contributed by atoms with Crippen LogP contribution in [0.2, 0.25) is 23.2 Å². The first-order valence-corrected chi connectivity index (χ1v) is 16.9. The summed E-state index contributed by atoms with van der Waals surface area (Å²) in [5, 5.41) is 4.16. The van der Waals surface area contributed by atoms with Gasteiger partial charge in [-0.25, -0.2) is 26.6 Å². The van der Waals surface area contributed by atoms with Crippen LogP contribution in [0.1, 0.15) is 37.6 Å². The van der Waals surface area contributed by atoms with Gasteiger partial charge in [-0.1, -0.05) is 32.4 Å². The quantitative estimate of drug-likeness (QED) is 0.270. The summed E-state index contributed by atoms with van der Waals surface area (Å²) in [6.45, 7) is 9.81. The Kier molecular flexibility index (Phi) is 8.61. The largest absolute Gasteiger partial charge is 0.412 e. The van der Waals surface area contributed by atoms with Crippen molar-refractivity contribution in [3.8, 4) is 0 Å². The summed E-state index contributed by atoms with van der Waals surface area (Å²) in [5.41, 5.74) is 1.91. The number of rotatable bonds is 9. The topological polar surface area (TPSA) is 68.3 Å². The Hall–Kier alpha value is -1.92. The summed E-state index contributed by atoms with van der Waals surface area (Å²) in [5.74, 6) is -2.76. The maximum absolute atomic E-state index is 14.8. The normalized spacial score (nSPS) is 12.7. The summed E-state index contributed by atoms with van der Waals surface area (Å²) >= 11 is 7.47. The molecule has 3 aromatic rings. The molecule has 0 radical (unpaired) electrons. The summed E-state index contributed by atoms with van der Waals surface area (Å²) in [4.78, 5) is 3.36. The maximum atomic E-state index is 14.8. The van der Waals surface area contributed by atoms with E-state index in [0.717, 1.165) is 24.3 Å². The van der Waals surface area contributed by atoms with E-state index in [1.165, 1.54) is 16.8 Å². The molecule has 0 saturated carbocycles. The molecule has 0 amide bonds. The van der Waals surface area contributed by atoms with Crippen LogP contribution in [-0.4, -0.2) is 21.7 Å². The van der Waals surface area contributed by atoms with Crippen molar-refractivity contribution in [3.05, 3.63) is 74.5 Å². The van der Waals surface area contributed by atoms with Crippen LogP contribution in [0, 0.1) is 17.5 Å². The first-order chi connectivity index (χ1) is 16.6. The first-order valence-electron chi connectivity index (χ1n) is 11.0. The van der Waals surface area contributed by atoms with Crippen LogP contribution in [0.4, 0.5) is 18.9 Å². The van der Waals surface area contributed by atoms with Crippen LogP contribution in [0.25, 0.3) is 0 Å². The maximum Gasteiger partial charge on any atom is 0.192 e. The van der Waals surface area contributed by atoms with Gasteiger partial charge in [0.1, 0.15) is 22.3 Å². The Labute approximate surface area is 219 Å². The van der Waals surface area contributed by atoms with E-state index in [1.807, 2.05) is 33.9 Å². The number of hydrogen-bond donors (Lipinski definition) is 1. The van der Waals surface area contributed by atoms with E-state index >= 15 is 0 Å². The minimum atomic E-state index is -4.04. The lowest BCUT2D eigenvalue weighted by Gasteiger charge is -2.36. The zero-order chi connectivity index (χ0) is 26.9. The Morgan fingerprint density at radius 1 is 1.08 bits per heavy atom. The molecule has 3 rings (SSSR count). The van der Waals surface area contributed by atoms with Gasteiger partial charge in [-0.2, -0.15) is 0 Å². The fourth-order valence-electron chi connectivity index (χ4n) is 3.12. The van der Waals surface area contributed by atoms with Crippen LogP contribution in [0.15, 0.2) is 40.1 Å². The number of thiazole rings is 1. The molecule has 0 spiro atoms. The molecule has 1 heterocycles. The van der Waals surface area contributed by atoms with Crippen molar-refractivity contribution in [1.29, 1.82) is 0 Å². The van der Waals surface area contributed by atoms with Gasteiger partial charge in [-0.15, -0.1) is 11.3 Å². The Balaban J connectivity index is 1.84. The number of halogens is 4. The SMILES string of the molecule is CC(C)(C)[Si](C)(C)OCc1c(F)ccc(F)c1CNc1cc(F)c(S(=O)(=O)Cc2cscn2)cc1Cl. The predicted octanol–water partition coefficient (Wildman–Crippen LogP) is 7.32. The van der Waals surface area contributed by atoms with E-state index in [-0.39, 0.29) is 40.0 Å². The number of nitrogens with one attached hydrogen (secondary N) is 1. The average molecular weight is 577 g/mol. The number of hydrogen-bond acceptors (Lipinski definition) is 6. The van der Waals surface area contributed by atoms with Gasteiger partial charge in [-0.3, -0.25) is 0 Å². The number of sulfone groups is 1. The van der Waals surface area contributed by atoms with E-state index < -0.39 is 46.3 Å². The molecule has 2 aromatic carbocycles. The summed E-state index contributed by atoms with van der Waals surface area (Å²) in [6.07, 6.45) is 0. The van der Waals surface area contributed by atoms with Crippen molar-refractivity contribution in [3.63, 3.8) is 0 Å². The standard InChI is InChI=1S/C24H28ClF3N2O3S2Si/c1-24(2,3)36(4,5)33-11-17-16(19(26)6-7-20(17)27)10-29-22-9-21(28)23(8-18(22)25)35(31,32)13-15-12-34-14-30-15/h6-9,12,14,29H,10-11,13H2,1-5H3. The lowest BCUT2D eigenvalue weighted by molar-refractivity contribution is 0.269. The van der Waals surface area contributed by atoms with Crippen molar-refractivity contribution in [2.24, 2.45) is 0 Å². The van der Waals surface area contributed by atoms with Crippen molar-refractivity contribution >= 4 is 46.8 Å². The second kappa shape index (κ2) is 10.8. The lowest BCUT2D eigenvalue weighted by atomic mass is 10.1. The molecule has 0 bridgehead atoms. The van der Waals surface area contributed by atoms with Gasteiger partial charge in [0.2, 0.25) is 0 Å². The first kappa shape index (κ1) is 28.6. The molecule has 0 unspecified atom stereocenters. The highest BCUT2D eigenvalue weighted by Crippen LogP contribution is 2.38. The highest BCUT2D eigenvalue weighted by Gasteiger charge is 2.37.